The second-order valence-electron chi connectivity index (χ2n) is 5.71. The third kappa shape index (κ3) is 2.49. The Hall–Kier alpha value is -1.64. The molecule has 0 aliphatic heterocycles. The van der Waals surface area contributed by atoms with Crippen LogP contribution in [0.5, 0.6) is 0 Å². The van der Waals surface area contributed by atoms with Crippen molar-refractivity contribution in [3.63, 3.8) is 0 Å². The molecule has 0 amide bonds. The highest BCUT2D eigenvalue weighted by molar-refractivity contribution is 5.92. The topological polar surface area (TPSA) is 38.9 Å². The number of nitrogens with zero attached hydrogens (tertiary/aromatic N) is 1. The van der Waals surface area contributed by atoms with Gasteiger partial charge in [-0.3, -0.25) is 4.98 Å². The first kappa shape index (κ1) is 13.3. The van der Waals surface area contributed by atoms with E-state index < -0.39 is 0 Å². The normalized spacial score (nSPS) is 16.9. The van der Waals surface area contributed by atoms with Crippen LogP contribution in [-0.2, 0) is 12.8 Å². The number of halogens is 1. The van der Waals surface area contributed by atoms with Crippen LogP contribution in [0.3, 0.4) is 0 Å². The standard InChI is InChI=1S/C17H21FN2/c18-13-9-7-11-15-16(13)17(19)12-8-5-3-1-2-4-6-10-14(12)20-15/h7,9,11H,1-6,8,10H2,(H2,19,20). The van der Waals surface area contributed by atoms with Gasteiger partial charge in [0.05, 0.1) is 10.9 Å². The van der Waals surface area contributed by atoms with Gasteiger partial charge in [-0.05, 0) is 43.4 Å². The second-order valence-corrected chi connectivity index (χ2v) is 5.71. The number of nitrogen functional groups attached to an aromatic ring is 1. The quantitative estimate of drug-likeness (QED) is 0.772. The van der Waals surface area contributed by atoms with Crippen LogP contribution in [0.2, 0.25) is 0 Å². The van der Waals surface area contributed by atoms with Crippen LogP contribution in [0, 0.1) is 5.82 Å². The predicted molar refractivity (Wildman–Crippen MR) is 81.2 cm³/mol. The van der Waals surface area contributed by atoms with Crippen LogP contribution in [-0.4, -0.2) is 4.98 Å². The molecule has 3 rings (SSSR count). The van der Waals surface area contributed by atoms with Crippen molar-refractivity contribution < 1.29 is 4.39 Å². The molecule has 2 aromatic rings. The Labute approximate surface area is 119 Å². The van der Waals surface area contributed by atoms with Crippen LogP contribution in [0.4, 0.5) is 10.1 Å². The molecule has 2 nitrogen and oxygen atoms in total. The van der Waals surface area contributed by atoms with Crippen LogP contribution in [0.1, 0.15) is 49.8 Å². The third-order valence-corrected chi connectivity index (χ3v) is 4.28. The molecule has 3 heteroatoms. The predicted octanol–water partition coefficient (Wildman–Crippen LogP) is 4.40. The molecule has 20 heavy (non-hydrogen) atoms. The highest BCUT2D eigenvalue weighted by Gasteiger charge is 2.15. The van der Waals surface area contributed by atoms with Crippen LogP contribution in [0.25, 0.3) is 10.9 Å². The van der Waals surface area contributed by atoms with E-state index in [-0.39, 0.29) is 5.82 Å². The molecular formula is C17H21FN2. The Morgan fingerprint density at radius 2 is 1.65 bits per heavy atom. The van der Waals surface area contributed by atoms with Gasteiger partial charge < -0.3 is 5.73 Å². The van der Waals surface area contributed by atoms with Crippen molar-refractivity contribution in [1.82, 2.24) is 4.98 Å². The van der Waals surface area contributed by atoms with Gasteiger partial charge in [0.25, 0.3) is 0 Å². The van der Waals surface area contributed by atoms with Crippen molar-refractivity contribution in [2.75, 3.05) is 5.73 Å². The minimum absolute atomic E-state index is 0.257. The van der Waals surface area contributed by atoms with Crippen molar-refractivity contribution in [2.45, 2.75) is 51.4 Å². The Morgan fingerprint density at radius 1 is 0.950 bits per heavy atom. The fourth-order valence-electron chi connectivity index (χ4n) is 3.18. The Bertz CT molecular complexity index is 622. The molecule has 0 bridgehead atoms. The Morgan fingerprint density at radius 3 is 2.45 bits per heavy atom. The molecule has 0 spiro atoms. The summed E-state index contributed by atoms with van der Waals surface area (Å²) in [5, 5.41) is 0.503. The molecule has 0 saturated carbocycles. The minimum Gasteiger partial charge on any atom is -0.398 e. The van der Waals surface area contributed by atoms with E-state index in [2.05, 4.69) is 0 Å². The van der Waals surface area contributed by atoms with Crippen LogP contribution >= 0.6 is 0 Å². The summed E-state index contributed by atoms with van der Waals surface area (Å²) in [6, 6.07) is 5.03. The van der Waals surface area contributed by atoms with E-state index in [1.165, 1.54) is 31.7 Å². The number of anilines is 1. The highest BCUT2D eigenvalue weighted by Crippen LogP contribution is 2.31. The number of rotatable bonds is 0. The molecule has 0 atom stereocenters. The zero-order valence-corrected chi connectivity index (χ0v) is 11.8. The number of aromatic nitrogens is 1. The van der Waals surface area contributed by atoms with Crippen LogP contribution < -0.4 is 5.73 Å². The molecule has 1 heterocycles. The lowest BCUT2D eigenvalue weighted by atomic mass is 9.95. The second kappa shape index (κ2) is 5.78. The van der Waals surface area contributed by atoms with E-state index >= 15 is 0 Å². The highest BCUT2D eigenvalue weighted by atomic mass is 19.1. The molecule has 0 radical (unpaired) electrons. The molecular weight excluding hydrogens is 251 g/mol. The average Bonchev–Trinajstić information content (AvgIpc) is 2.45. The molecule has 0 fully saturated rings. The van der Waals surface area contributed by atoms with E-state index in [0.29, 0.717) is 16.6 Å². The molecule has 1 aromatic carbocycles. The number of nitrogens with two attached hydrogens (primary N) is 1. The van der Waals surface area contributed by atoms with Gasteiger partial charge >= 0.3 is 0 Å². The summed E-state index contributed by atoms with van der Waals surface area (Å²) in [4.78, 5) is 4.69. The zero-order valence-electron chi connectivity index (χ0n) is 11.8. The van der Waals surface area contributed by atoms with Gasteiger partial charge in [-0.1, -0.05) is 31.7 Å². The van der Waals surface area contributed by atoms with Crippen molar-refractivity contribution in [3.8, 4) is 0 Å². The molecule has 2 N–H and O–H groups in total. The third-order valence-electron chi connectivity index (χ3n) is 4.28. The Balaban J connectivity index is 2.13. The van der Waals surface area contributed by atoms with E-state index in [9.17, 15) is 4.39 Å². The van der Waals surface area contributed by atoms with E-state index in [0.717, 1.165) is 36.9 Å². The van der Waals surface area contributed by atoms with Gasteiger partial charge in [0.15, 0.2) is 0 Å². The number of benzene rings is 1. The lowest BCUT2D eigenvalue weighted by molar-refractivity contribution is 0.577. The molecule has 1 aromatic heterocycles. The van der Waals surface area contributed by atoms with Gasteiger partial charge in [0.1, 0.15) is 5.82 Å². The maximum Gasteiger partial charge on any atom is 0.134 e. The summed E-state index contributed by atoms with van der Waals surface area (Å²) in [5.74, 6) is -0.257. The van der Waals surface area contributed by atoms with Gasteiger partial charge in [-0.25, -0.2) is 4.39 Å². The first-order valence-corrected chi connectivity index (χ1v) is 7.63. The molecule has 1 aliphatic carbocycles. The van der Waals surface area contributed by atoms with Crippen LogP contribution in [0.15, 0.2) is 18.2 Å². The number of fused-ring (bicyclic) bond motifs is 2. The average molecular weight is 272 g/mol. The summed E-state index contributed by atoms with van der Waals surface area (Å²) in [7, 11) is 0. The number of hydrogen-bond acceptors (Lipinski definition) is 2. The van der Waals surface area contributed by atoms with Crippen molar-refractivity contribution >= 4 is 16.6 Å². The summed E-state index contributed by atoms with van der Waals surface area (Å²) >= 11 is 0. The van der Waals surface area contributed by atoms with Gasteiger partial charge in [0, 0.05) is 11.4 Å². The molecule has 0 saturated heterocycles. The van der Waals surface area contributed by atoms with E-state index in [1.54, 1.807) is 6.07 Å². The van der Waals surface area contributed by atoms with Crippen molar-refractivity contribution in [3.05, 3.63) is 35.3 Å². The minimum atomic E-state index is -0.257. The van der Waals surface area contributed by atoms with Crippen molar-refractivity contribution in [2.24, 2.45) is 0 Å². The maximum absolute atomic E-state index is 14.0. The Kier molecular flexibility index (Phi) is 3.86. The molecule has 0 unspecified atom stereocenters. The first-order chi connectivity index (χ1) is 9.77. The lowest BCUT2D eigenvalue weighted by Crippen LogP contribution is -2.07. The molecule has 106 valence electrons. The number of aryl methyl sites for hydroxylation is 1. The maximum atomic E-state index is 14.0. The molecule has 1 aliphatic rings. The monoisotopic (exact) mass is 272 g/mol. The summed E-state index contributed by atoms with van der Waals surface area (Å²) < 4.78 is 14.0. The lowest BCUT2D eigenvalue weighted by Gasteiger charge is -2.16. The van der Waals surface area contributed by atoms with Gasteiger partial charge in [-0.15, -0.1) is 0 Å². The number of pyridine rings is 1. The smallest absolute Gasteiger partial charge is 0.134 e. The van der Waals surface area contributed by atoms with Gasteiger partial charge in [-0.2, -0.15) is 0 Å². The fraction of sp³-hybridized carbons (Fsp3) is 0.471. The number of hydrogen-bond donors (Lipinski definition) is 1. The van der Waals surface area contributed by atoms with Gasteiger partial charge in [0.2, 0.25) is 0 Å². The van der Waals surface area contributed by atoms with Crippen molar-refractivity contribution in [1.29, 1.82) is 0 Å². The van der Waals surface area contributed by atoms with E-state index in [4.69, 9.17) is 10.7 Å². The fourth-order valence-corrected chi connectivity index (χ4v) is 3.18. The summed E-state index contributed by atoms with van der Waals surface area (Å²) in [6.07, 6.45) is 9.26. The SMILES string of the molecule is Nc1c2c(nc3cccc(F)c13)CCCCCCCC2. The van der Waals surface area contributed by atoms with E-state index in [1.807, 2.05) is 6.07 Å². The summed E-state index contributed by atoms with van der Waals surface area (Å²) in [5.41, 5.74) is 9.75. The first-order valence-electron chi connectivity index (χ1n) is 7.63. The summed E-state index contributed by atoms with van der Waals surface area (Å²) in [6.45, 7) is 0. The zero-order chi connectivity index (χ0) is 13.9. The largest absolute Gasteiger partial charge is 0.398 e.